The average molecular weight is 561 g/mol. The quantitative estimate of drug-likeness (QED) is 0.188. The molecular weight excluding hydrogens is 528 g/mol. The van der Waals surface area contributed by atoms with Gasteiger partial charge in [0.1, 0.15) is 0 Å². The summed E-state index contributed by atoms with van der Waals surface area (Å²) in [6.45, 7) is 0. The highest BCUT2D eigenvalue weighted by atomic mass is 14.6. The highest BCUT2D eigenvalue weighted by Crippen LogP contribution is 2.64. The van der Waals surface area contributed by atoms with Gasteiger partial charge < -0.3 is 0 Å². The largest absolute Gasteiger partial charge is 0.0733 e. The van der Waals surface area contributed by atoms with Gasteiger partial charge in [0, 0.05) is 5.41 Å². The van der Waals surface area contributed by atoms with E-state index in [9.17, 15) is 0 Å². The molecule has 6 aromatic carbocycles. The molecule has 0 aromatic heterocycles. The van der Waals surface area contributed by atoms with E-state index in [4.69, 9.17) is 0 Å². The molecule has 2 unspecified atom stereocenters. The first-order chi connectivity index (χ1) is 21.8. The Morgan fingerprint density at radius 3 is 1.84 bits per heavy atom. The Hall–Kier alpha value is -4.94. The summed E-state index contributed by atoms with van der Waals surface area (Å²) in [5.41, 5.74) is 11.2. The molecule has 0 bridgehead atoms. The second-order valence-electron chi connectivity index (χ2n) is 13.2. The van der Waals surface area contributed by atoms with Gasteiger partial charge in [-0.15, -0.1) is 0 Å². The molecule has 2 saturated carbocycles. The van der Waals surface area contributed by atoms with Crippen molar-refractivity contribution >= 4 is 37.9 Å². The third-order valence-electron chi connectivity index (χ3n) is 10.7. The number of rotatable bonds is 4. The summed E-state index contributed by atoms with van der Waals surface area (Å²) in [7, 11) is 0. The molecule has 2 fully saturated rings. The standard InChI is InChI=1S/C44H32/c1-2-11-37-35(23-22-34(28-16-17-28)36(37)10-1)29-18-20-30(21-19-29)42-38-12-3-5-14-40(38)43(41-15-6-4-13-39(41)42)31-25-32-9-7-8-24-44(32)27-33(44)26-31/h1-15,18-26,28,33H,16-17,27H2. The summed E-state index contributed by atoms with van der Waals surface area (Å²) in [6.07, 6.45) is 18.1. The Kier molecular flexibility index (Phi) is 5.03. The minimum Gasteiger partial charge on any atom is -0.0733 e. The van der Waals surface area contributed by atoms with E-state index >= 15 is 0 Å². The van der Waals surface area contributed by atoms with E-state index in [0.717, 1.165) is 5.92 Å². The van der Waals surface area contributed by atoms with Crippen LogP contribution in [0.15, 0.2) is 151 Å². The molecule has 44 heavy (non-hydrogen) atoms. The summed E-state index contributed by atoms with van der Waals surface area (Å²) in [6, 6.07) is 41.1. The predicted octanol–water partition coefficient (Wildman–Crippen LogP) is 11.8. The lowest BCUT2D eigenvalue weighted by Gasteiger charge is -2.24. The number of hydrogen-bond acceptors (Lipinski definition) is 0. The second kappa shape index (κ2) is 9.04. The van der Waals surface area contributed by atoms with Gasteiger partial charge in [0.2, 0.25) is 0 Å². The summed E-state index contributed by atoms with van der Waals surface area (Å²) >= 11 is 0. The molecule has 1 spiro atoms. The maximum Gasteiger partial charge on any atom is 0.0205 e. The van der Waals surface area contributed by atoms with Crippen molar-refractivity contribution in [1.29, 1.82) is 0 Å². The van der Waals surface area contributed by atoms with Gasteiger partial charge in [-0.1, -0.05) is 146 Å². The summed E-state index contributed by atoms with van der Waals surface area (Å²) in [5, 5.41) is 8.08. The van der Waals surface area contributed by atoms with E-state index in [2.05, 4.69) is 146 Å². The molecule has 2 atom stereocenters. The van der Waals surface area contributed by atoms with Crippen LogP contribution in [-0.4, -0.2) is 0 Å². The van der Waals surface area contributed by atoms with Crippen molar-refractivity contribution in [3.63, 3.8) is 0 Å². The van der Waals surface area contributed by atoms with Gasteiger partial charge in [-0.25, -0.2) is 0 Å². The van der Waals surface area contributed by atoms with Gasteiger partial charge in [0.25, 0.3) is 0 Å². The maximum atomic E-state index is 2.55. The van der Waals surface area contributed by atoms with Gasteiger partial charge in [0.05, 0.1) is 0 Å². The van der Waals surface area contributed by atoms with Crippen LogP contribution in [0.2, 0.25) is 0 Å². The second-order valence-corrected chi connectivity index (χ2v) is 13.2. The van der Waals surface area contributed by atoms with Crippen LogP contribution < -0.4 is 0 Å². The first-order valence-electron chi connectivity index (χ1n) is 16.1. The molecule has 4 aliphatic rings. The van der Waals surface area contributed by atoms with Crippen LogP contribution in [0.4, 0.5) is 0 Å². The molecule has 208 valence electrons. The highest BCUT2D eigenvalue weighted by Gasteiger charge is 2.54. The Morgan fingerprint density at radius 2 is 1.16 bits per heavy atom. The molecule has 4 aliphatic carbocycles. The molecule has 0 radical (unpaired) electrons. The van der Waals surface area contributed by atoms with Gasteiger partial charge in [-0.3, -0.25) is 0 Å². The third-order valence-corrected chi connectivity index (χ3v) is 10.7. The zero-order valence-electron chi connectivity index (χ0n) is 24.6. The zero-order chi connectivity index (χ0) is 28.8. The van der Waals surface area contributed by atoms with Gasteiger partial charge in [-0.05, 0) is 108 Å². The summed E-state index contributed by atoms with van der Waals surface area (Å²) in [5.74, 6) is 1.34. The number of allylic oxidation sites excluding steroid dienone is 8. The van der Waals surface area contributed by atoms with E-state index in [1.54, 1.807) is 0 Å². The summed E-state index contributed by atoms with van der Waals surface area (Å²) in [4.78, 5) is 0. The van der Waals surface area contributed by atoms with E-state index in [1.807, 2.05) is 0 Å². The predicted molar refractivity (Wildman–Crippen MR) is 187 cm³/mol. The van der Waals surface area contributed by atoms with Crippen molar-refractivity contribution in [2.75, 3.05) is 0 Å². The maximum absolute atomic E-state index is 2.55. The van der Waals surface area contributed by atoms with E-state index in [0.29, 0.717) is 5.92 Å². The van der Waals surface area contributed by atoms with Crippen LogP contribution in [0.1, 0.15) is 36.3 Å². The zero-order valence-corrected chi connectivity index (χ0v) is 24.6. The lowest BCUT2D eigenvalue weighted by molar-refractivity contribution is 0.741. The molecule has 0 heterocycles. The summed E-state index contributed by atoms with van der Waals surface area (Å²) < 4.78 is 0. The fraction of sp³-hybridized carbons (Fsp3) is 0.136. The van der Waals surface area contributed by atoms with E-state index in [1.165, 1.54) is 96.1 Å². The lowest BCUT2D eigenvalue weighted by atomic mass is 9.80. The van der Waals surface area contributed by atoms with Gasteiger partial charge in [0.15, 0.2) is 0 Å². The molecule has 10 rings (SSSR count). The van der Waals surface area contributed by atoms with Crippen LogP contribution in [0, 0.1) is 11.3 Å². The molecule has 0 nitrogen and oxygen atoms in total. The number of fused-ring (bicyclic) bond motifs is 3. The molecule has 6 aromatic rings. The fourth-order valence-electron chi connectivity index (χ4n) is 8.34. The molecule has 0 saturated heterocycles. The molecular formula is C44H32. The first-order valence-corrected chi connectivity index (χ1v) is 16.1. The molecule has 0 heteroatoms. The highest BCUT2D eigenvalue weighted by molar-refractivity contribution is 6.19. The van der Waals surface area contributed by atoms with Crippen molar-refractivity contribution in [2.45, 2.75) is 25.2 Å². The Morgan fingerprint density at radius 1 is 0.545 bits per heavy atom. The smallest absolute Gasteiger partial charge is 0.0205 e. The van der Waals surface area contributed by atoms with Crippen molar-refractivity contribution < 1.29 is 0 Å². The first kappa shape index (κ1) is 24.5. The van der Waals surface area contributed by atoms with Crippen molar-refractivity contribution in [3.8, 4) is 22.3 Å². The van der Waals surface area contributed by atoms with Gasteiger partial charge >= 0.3 is 0 Å². The fourth-order valence-corrected chi connectivity index (χ4v) is 8.34. The number of benzene rings is 6. The van der Waals surface area contributed by atoms with E-state index < -0.39 is 0 Å². The molecule has 0 amide bonds. The van der Waals surface area contributed by atoms with Crippen molar-refractivity contribution in [3.05, 3.63) is 162 Å². The lowest BCUT2D eigenvalue weighted by Crippen LogP contribution is -2.09. The van der Waals surface area contributed by atoms with Crippen LogP contribution in [0.3, 0.4) is 0 Å². The minimum absolute atomic E-state index is 0.245. The Balaban J connectivity index is 1.14. The number of hydrogen-bond donors (Lipinski definition) is 0. The topological polar surface area (TPSA) is 0 Å². The van der Waals surface area contributed by atoms with Crippen LogP contribution >= 0.6 is 0 Å². The third kappa shape index (κ3) is 3.52. The van der Waals surface area contributed by atoms with Crippen LogP contribution in [0.5, 0.6) is 0 Å². The normalized spacial score (nSPS) is 21.7. The van der Waals surface area contributed by atoms with Crippen molar-refractivity contribution in [1.82, 2.24) is 0 Å². The Bertz CT molecular complexity index is 2240. The molecule has 0 aliphatic heterocycles. The monoisotopic (exact) mass is 560 g/mol. The Labute approximate surface area is 258 Å². The van der Waals surface area contributed by atoms with E-state index in [-0.39, 0.29) is 5.41 Å². The molecule has 0 N–H and O–H groups in total. The average Bonchev–Trinajstić information content (AvgIpc) is 4.02. The van der Waals surface area contributed by atoms with Crippen molar-refractivity contribution in [2.24, 2.45) is 11.3 Å². The van der Waals surface area contributed by atoms with Crippen LogP contribution in [0.25, 0.3) is 60.1 Å². The van der Waals surface area contributed by atoms with Crippen LogP contribution in [-0.2, 0) is 0 Å². The SMILES string of the molecule is C1=CC2=CC(c3c4ccccc4c(-c4ccc(-c5ccc(C6CC6)c6ccccc56)cc4)c4ccccc34)=CC3CC23C=C1. The van der Waals surface area contributed by atoms with Gasteiger partial charge in [-0.2, -0.15) is 0 Å². The minimum atomic E-state index is 0.245.